The molecule has 1 heterocycles. The van der Waals surface area contributed by atoms with E-state index in [9.17, 15) is 21.9 Å². The van der Waals surface area contributed by atoms with Gasteiger partial charge in [-0.3, -0.25) is 8.37 Å². The van der Waals surface area contributed by atoms with Crippen molar-refractivity contribution in [2.45, 2.75) is 53.6 Å². The van der Waals surface area contributed by atoms with Gasteiger partial charge in [0, 0.05) is 0 Å². The second-order valence-electron chi connectivity index (χ2n) is 7.32. The van der Waals surface area contributed by atoms with E-state index in [0.29, 0.717) is 0 Å². The Labute approximate surface area is 197 Å². The Morgan fingerprint density at radius 2 is 1.25 bits per heavy atom. The molecule has 1 aliphatic heterocycles. The van der Waals surface area contributed by atoms with Crippen LogP contribution in [0, 0.1) is 13.8 Å². The molecule has 1 N–H and O–H groups in total. The van der Waals surface area contributed by atoms with Crippen LogP contribution in [0.1, 0.15) is 11.1 Å². The summed E-state index contributed by atoms with van der Waals surface area (Å²) in [7, 11) is -8.81. The minimum absolute atomic E-state index is 0.171. The lowest BCUT2D eigenvalue weighted by Gasteiger charge is -2.40. The summed E-state index contributed by atoms with van der Waals surface area (Å²) in [4.78, 5) is -0.364. The second kappa shape index (κ2) is 9.94. The fraction of sp³-hybridized carbons (Fsp3) is 0.400. The third-order valence-electron chi connectivity index (χ3n) is 4.84. The molecule has 0 bridgehead atoms. The van der Waals surface area contributed by atoms with Gasteiger partial charge in [-0.15, -0.1) is 23.2 Å². The van der Waals surface area contributed by atoms with E-state index in [2.05, 4.69) is 0 Å². The van der Waals surface area contributed by atoms with Crippen LogP contribution in [0.15, 0.2) is 58.3 Å². The third kappa shape index (κ3) is 5.63. The second-order valence-corrected chi connectivity index (χ2v) is 11.3. The zero-order valence-electron chi connectivity index (χ0n) is 17.1. The van der Waals surface area contributed by atoms with Gasteiger partial charge in [0.1, 0.15) is 6.10 Å². The molecule has 0 spiro atoms. The van der Waals surface area contributed by atoms with Crippen molar-refractivity contribution < 1.29 is 35.0 Å². The van der Waals surface area contributed by atoms with Crippen LogP contribution in [-0.4, -0.2) is 57.8 Å². The van der Waals surface area contributed by atoms with Crippen molar-refractivity contribution in [1.82, 2.24) is 0 Å². The van der Waals surface area contributed by atoms with Gasteiger partial charge in [-0.1, -0.05) is 35.4 Å². The largest absolute Gasteiger partial charge is 0.366 e. The third-order valence-corrected chi connectivity index (χ3v) is 8.32. The lowest BCUT2D eigenvalue weighted by molar-refractivity contribution is -0.226. The molecule has 5 atom stereocenters. The molecule has 1 saturated heterocycles. The number of rotatable bonds is 7. The van der Waals surface area contributed by atoms with Gasteiger partial charge >= 0.3 is 0 Å². The minimum Gasteiger partial charge on any atom is -0.366 e. The summed E-state index contributed by atoms with van der Waals surface area (Å²) in [6.07, 6.45) is -6.28. The first-order valence-corrected chi connectivity index (χ1v) is 13.3. The molecule has 176 valence electrons. The monoisotopic (exact) mass is 524 g/mol. The molecule has 3 rings (SSSR count). The number of hydrogen-bond acceptors (Lipinski definition) is 8. The van der Waals surface area contributed by atoms with E-state index >= 15 is 0 Å². The van der Waals surface area contributed by atoms with Gasteiger partial charge in [0.05, 0.1) is 27.2 Å². The molecule has 12 heteroatoms. The van der Waals surface area contributed by atoms with Crippen molar-refractivity contribution in [2.75, 3.05) is 5.88 Å². The maximum Gasteiger partial charge on any atom is 0.297 e. The highest BCUT2D eigenvalue weighted by molar-refractivity contribution is 7.87. The van der Waals surface area contributed by atoms with E-state index in [1.807, 2.05) is 0 Å². The Morgan fingerprint density at radius 1 is 0.844 bits per heavy atom. The number of aryl methyl sites for hydroxylation is 2. The molecule has 0 aromatic heterocycles. The predicted octanol–water partition coefficient (Wildman–Crippen LogP) is 2.71. The number of benzene rings is 2. The summed E-state index contributed by atoms with van der Waals surface area (Å²) in [6.45, 7) is 3.56. The molecule has 0 aliphatic carbocycles. The lowest BCUT2D eigenvalue weighted by atomic mass is 10.0. The number of hydrogen-bond donors (Lipinski definition) is 1. The molecular formula is C20H22Cl2O8S2. The van der Waals surface area contributed by atoms with Crippen molar-refractivity contribution in [3.8, 4) is 0 Å². The van der Waals surface area contributed by atoms with E-state index in [0.717, 1.165) is 11.1 Å². The average Bonchev–Trinajstić information content (AvgIpc) is 2.73. The maximum atomic E-state index is 12.8. The first-order chi connectivity index (χ1) is 14.9. The molecule has 1 fully saturated rings. The highest BCUT2D eigenvalue weighted by Crippen LogP contribution is 2.33. The Morgan fingerprint density at radius 3 is 1.66 bits per heavy atom. The smallest absolute Gasteiger partial charge is 0.297 e. The Hall–Kier alpha value is -1.24. The number of aliphatic hydroxyl groups is 1. The number of ether oxygens (including phenoxy) is 1. The first-order valence-electron chi connectivity index (χ1n) is 9.48. The highest BCUT2D eigenvalue weighted by atomic mass is 35.5. The van der Waals surface area contributed by atoms with E-state index in [4.69, 9.17) is 36.3 Å². The molecular weight excluding hydrogens is 503 g/mol. The van der Waals surface area contributed by atoms with Crippen LogP contribution in [0.4, 0.5) is 0 Å². The Balaban J connectivity index is 1.94. The zero-order chi connectivity index (χ0) is 23.7. The summed E-state index contributed by atoms with van der Waals surface area (Å²) in [6, 6.07) is 11.6. The molecule has 2 aromatic rings. The molecule has 0 saturated carbocycles. The van der Waals surface area contributed by atoms with Crippen LogP contribution >= 0.6 is 23.2 Å². The first kappa shape index (κ1) is 25.4. The zero-order valence-corrected chi connectivity index (χ0v) is 20.2. The minimum atomic E-state index is -4.42. The standard InChI is InChI=1S/C20H22Cl2O8S2/c1-12-3-7-14(8-4-12)31(24,25)29-18-17(22)16(11-21)28-20(23)19(18)30-32(26,27)15-9-5-13(2)6-10-15/h3-10,16-20,23H,11H2,1-2H3/t16-,17+,18+,19-,20+/m1/s1. The van der Waals surface area contributed by atoms with E-state index < -0.39 is 50.2 Å². The van der Waals surface area contributed by atoms with Crippen molar-refractivity contribution in [2.24, 2.45) is 0 Å². The lowest BCUT2D eigenvalue weighted by Crippen LogP contribution is -2.58. The summed E-state index contributed by atoms with van der Waals surface area (Å²) in [5, 5.41) is 9.17. The van der Waals surface area contributed by atoms with Gasteiger partial charge in [0.25, 0.3) is 20.2 Å². The van der Waals surface area contributed by atoms with Crippen molar-refractivity contribution in [1.29, 1.82) is 0 Å². The van der Waals surface area contributed by atoms with E-state index in [-0.39, 0.29) is 15.7 Å². The summed E-state index contributed by atoms with van der Waals surface area (Å²) in [5.41, 5.74) is 1.65. The topological polar surface area (TPSA) is 116 Å². The number of aliphatic hydroxyl groups excluding tert-OH is 1. The van der Waals surface area contributed by atoms with Crippen LogP contribution in [0.2, 0.25) is 0 Å². The molecule has 8 nitrogen and oxygen atoms in total. The molecule has 32 heavy (non-hydrogen) atoms. The van der Waals surface area contributed by atoms with Crippen LogP contribution in [0.25, 0.3) is 0 Å². The van der Waals surface area contributed by atoms with Gasteiger partial charge in [-0.2, -0.15) is 16.8 Å². The SMILES string of the molecule is Cc1ccc(S(=O)(=O)O[C@@H]2[C@@H](OS(=O)(=O)c3ccc(C)cc3)[C@@H](Cl)[C@@H](CCl)O[C@@H]2O)cc1. The molecule has 0 radical (unpaired) electrons. The highest BCUT2D eigenvalue weighted by Gasteiger charge is 2.50. The molecule has 2 aromatic carbocycles. The normalized spacial score (nSPS) is 26.7. The number of alkyl halides is 2. The average molecular weight is 525 g/mol. The Kier molecular flexibility index (Phi) is 7.89. The van der Waals surface area contributed by atoms with Gasteiger partial charge in [-0.25, -0.2) is 0 Å². The fourth-order valence-electron chi connectivity index (χ4n) is 3.03. The van der Waals surface area contributed by atoms with Gasteiger partial charge in [0.15, 0.2) is 12.4 Å². The predicted molar refractivity (Wildman–Crippen MR) is 118 cm³/mol. The van der Waals surface area contributed by atoms with E-state index in [1.165, 1.54) is 24.3 Å². The van der Waals surface area contributed by atoms with Crippen LogP contribution < -0.4 is 0 Å². The summed E-state index contributed by atoms with van der Waals surface area (Å²) >= 11 is 12.2. The molecule has 0 unspecified atom stereocenters. The van der Waals surface area contributed by atoms with Crippen LogP contribution in [-0.2, 0) is 33.3 Å². The van der Waals surface area contributed by atoms with Crippen LogP contribution in [0.5, 0.6) is 0 Å². The van der Waals surface area contributed by atoms with E-state index in [1.54, 1.807) is 38.1 Å². The fourth-order valence-corrected chi connectivity index (χ4v) is 5.97. The summed E-state index contributed by atoms with van der Waals surface area (Å²) < 4.78 is 66.9. The van der Waals surface area contributed by atoms with Crippen molar-refractivity contribution >= 4 is 43.4 Å². The van der Waals surface area contributed by atoms with Gasteiger partial charge in [0.2, 0.25) is 0 Å². The van der Waals surface area contributed by atoms with Crippen molar-refractivity contribution in [3.05, 3.63) is 59.7 Å². The van der Waals surface area contributed by atoms with Crippen LogP contribution in [0.3, 0.4) is 0 Å². The molecule has 1 aliphatic rings. The quantitative estimate of drug-likeness (QED) is 0.434. The van der Waals surface area contributed by atoms with Gasteiger partial charge < -0.3 is 9.84 Å². The number of halogens is 2. The van der Waals surface area contributed by atoms with Crippen molar-refractivity contribution in [3.63, 3.8) is 0 Å². The maximum absolute atomic E-state index is 12.8. The summed E-state index contributed by atoms with van der Waals surface area (Å²) in [5.74, 6) is -0.201. The molecule has 0 amide bonds. The van der Waals surface area contributed by atoms with Gasteiger partial charge in [-0.05, 0) is 38.1 Å². The Bertz CT molecular complexity index is 1140.